The van der Waals surface area contributed by atoms with Crippen LogP contribution in [-0.2, 0) is 5.41 Å². The molecule has 0 N–H and O–H groups in total. The van der Waals surface area contributed by atoms with E-state index in [-0.39, 0.29) is 5.41 Å². The molecule has 1 heterocycles. The molecule has 284 valence electrons. The fourth-order valence-electron chi connectivity index (χ4n) is 10.8. The van der Waals surface area contributed by atoms with Crippen molar-refractivity contribution in [1.29, 1.82) is 10.5 Å². The van der Waals surface area contributed by atoms with E-state index in [1.54, 1.807) is 6.07 Å². The maximum Gasteiger partial charge on any atom is 0.164 e. The molecule has 2 aliphatic carbocycles. The molecule has 0 saturated heterocycles. The normalized spacial score (nSPS) is 19.9. The molecular weight excluding hydrogens is 719 g/mol. The second-order valence-corrected chi connectivity index (χ2v) is 17.1. The van der Waals surface area contributed by atoms with Gasteiger partial charge < -0.3 is 0 Å². The number of benzene rings is 7. The summed E-state index contributed by atoms with van der Waals surface area (Å²) in [6.07, 6.45) is 6.58. The first-order chi connectivity index (χ1) is 28.9. The lowest BCUT2D eigenvalue weighted by molar-refractivity contribution is 0.0780. The summed E-state index contributed by atoms with van der Waals surface area (Å²) in [7, 11) is 0. The topological polar surface area (TPSA) is 86.2 Å². The van der Waals surface area contributed by atoms with Crippen molar-refractivity contribution in [3.8, 4) is 68.6 Å². The van der Waals surface area contributed by atoms with Crippen molar-refractivity contribution in [2.45, 2.75) is 51.4 Å². The monoisotopic (exact) mass is 761 g/mol. The van der Waals surface area contributed by atoms with Crippen molar-refractivity contribution in [1.82, 2.24) is 15.0 Å². The van der Waals surface area contributed by atoms with Gasteiger partial charge in [0, 0.05) is 16.7 Å². The van der Waals surface area contributed by atoms with Gasteiger partial charge in [0.2, 0.25) is 0 Å². The Morgan fingerprint density at radius 3 is 1.34 bits per heavy atom. The molecule has 1 aromatic heterocycles. The summed E-state index contributed by atoms with van der Waals surface area (Å²) in [5, 5.41) is 23.9. The summed E-state index contributed by atoms with van der Waals surface area (Å²) in [5.74, 6) is 4.29. The van der Waals surface area contributed by atoms with Crippen LogP contribution in [0.3, 0.4) is 0 Å². The molecule has 0 radical (unpaired) electrons. The number of nitriles is 2. The van der Waals surface area contributed by atoms with Crippen LogP contribution in [0.1, 0.15) is 62.6 Å². The van der Waals surface area contributed by atoms with Crippen LogP contribution in [0.15, 0.2) is 146 Å². The van der Waals surface area contributed by atoms with Gasteiger partial charge in [-0.25, -0.2) is 15.0 Å². The first-order valence-corrected chi connectivity index (χ1v) is 20.8. The van der Waals surface area contributed by atoms with E-state index >= 15 is 0 Å². The molecule has 10 rings (SSSR count). The minimum atomic E-state index is 0.264. The van der Waals surface area contributed by atoms with Crippen molar-refractivity contribution < 1.29 is 0 Å². The van der Waals surface area contributed by atoms with E-state index < -0.39 is 0 Å². The zero-order valence-electron chi connectivity index (χ0n) is 33.4. The molecule has 7 aromatic carbocycles. The van der Waals surface area contributed by atoms with Crippen LogP contribution in [-0.4, -0.2) is 15.0 Å². The van der Waals surface area contributed by atoms with Crippen LogP contribution in [0, 0.1) is 40.4 Å². The SMILES string of the molecule is C[C@@H]1C[C@@H]2C[C@H](C)CC(c3ccc(-c4nc(-c5ccccc5)nc(-c5ccc(-c6c7ccccc7c(-c7cc(C#N)cc(C#N)c7)c7ccccc67)cc5)n4)cc3)(C1)C2. The molecule has 0 spiro atoms. The lowest BCUT2D eigenvalue weighted by Gasteiger charge is -2.50. The minimum Gasteiger partial charge on any atom is -0.208 e. The van der Waals surface area contributed by atoms with Gasteiger partial charge in [0.25, 0.3) is 0 Å². The summed E-state index contributed by atoms with van der Waals surface area (Å²) in [6, 6.07) is 54.6. The van der Waals surface area contributed by atoms with E-state index in [0.29, 0.717) is 28.6 Å². The lowest BCUT2D eigenvalue weighted by Crippen LogP contribution is -2.42. The lowest BCUT2D eigenvalue weighted by atomic mass is 9.54. The molecule has 1 unspecified atom stereocenters. The van der Waals surface area contributed by atoms with Crippen LogP contribution in [0.25, 0.3) is 78.0 Å². The van der Waals surface area contributed by atoms with Gasteiger partial charge in [-0.3, -0.25) is 0 Å². The zero-order chi connectivity index (χ0) is 40.1. The quantitative estimate of drug-likeness (QED) is 0.157. The van der Waals surface area contributed by atoms with Crippen molar-refractivity contribution >= 4 is 21.5 Å². The number of hydrogen-bond acceptors (Lipinski definition) is 5. The summed E-state index contributed by atoms with van der Waals surface area (Å²) in [5.41, 5.74) is 9.56. The van der Waals surface area contributed by atoms with Crippen molar-refractivity contribution in [2.24, 2.45) is 17.8 Å². The summed E-state index contributed by atoms with van der Waals surface area (Å²) < 4.78 is 0. The Morgan fingerprint density at radius 2 is 0.864 bits per heavy atom. The number of aromatic nitrogens is 3. The second-order valence-electron chi connectivity index (χ2n) is 17.1. The Kier molecular flexibility index (Phi) is 9.11. The standard InChI is InChI=1S/C54H43N5/c1-34-24-36-25-35(2)30-54(29-34,31-36)44-22-20-42(21-23-44)53-58-51(40-10-4-3-5-11-40)57-52(59-53)41-18-16-39(17-19-41)49-45-12-6-8-14-47(45)50(48-15-9-7-13-46(48)49)43-27-37(32-55)26-38(28-43)33-56/h3-23,26-28,34-36H,24-25,29-31H2,1-2H3/t34-,35+,36-,54?. The summed E-state index contributed by atoms with van der Waals surface area (Å²) >= 11 is 0. The van der Waals surface area contributed by atoms with E-state index in [0.717, 1.165) is 78.2 Å². The minimum absolute atomic E-state index is 0.264. The molecule has 2 fully saturated rings. The second kappa shape index (κ2) is 14.8. The highest BCUT2D eigenvalue weighted by atomic mass is 15.0. The van der Waals surface area contributed by atoms with Gasteiger partial charge in [-0.2, -0.15) is 10.5 Å². The highest BCUT2D eigenvalue weighted by molar-refractivity contribution is 6.21. The molecular formula is C54H43N5. The smallest absolute Gasteiger partial charge is 0.164 e. The predicted molar refractivity (Wildman–Crippen MR) is 238 cm³/mol. The van der Waals surface area contributed by atoms with Gasteiger partial charge in [0.15, 0.2) is 17.5 Å². The number of rotatable bonds is 6. The fraction of sp³-hybridized carbons (Fsp3) is 0.204. The van der Waals surface area contributed by atoms with Gasteiger partial charge in [-0.1, -0.05) is 141 Å². The maximum atomic E-state index is 9.82. The van der Waals surface area contributed by atoms with Gasteiger partial charge >= 0.3 is 0 Å². The molecule has 4 atom stereocenters. The van der Waals surface area contributed by atoms with Gasteiger partial charge in [0.1, 0.15) is 0 Å². The summed E-state index contributed by atoms with van der Waals surface area (Å²) in [6.45, 7) is 4.89. The molecule has 8 aromatic rings. The van der Waals surface area contributed by atoms with Gasteiger partial charge in [-0.05, 0) is 123 Å². The molecule has 0 aliphatic heterocycles. The molecule has 59 heavy (non-hydrogen) atoms. The molecule has 5 heteroatoms. The Labute approximate surface area is 345 Å². The van der Waals surface area contributed by atoms with E-state index in [1.807, 2.05) is 42.5 Å². The number of fused-ring (bicyclic) bond motifs is 4. The van der Waals surface area contributed by atoms with Gasteiger partial charge in [0.05, 0.1) is 23.3 Å². The Hall–Kier alpha value is -6.95. The maximum absolute atomic E-state index is 9.82. The van der Waals surface area contributed by atoms with Crippen LogP contribution < -0.4 is 0 Å². The third kappa shape index (κ3) is 6.64. The Bertz CT molecular complexity index is 2860. The third-order valence-corrected chi connectivity index (χ3v) is 12.9. The predicted octanol–water partition coefficient (Wildman–Crippen LogP) is 13.4. The highest BCUT2D eigenvalue weighted by Gasteiger charge is 2.45. The van der Waals surface area contributed by atoms with E-state index in [9.17, 15) is 10.5 Å². The average molecular weight is 762 g/mol. The summed E-state index contributed by atoms with van der Waals surface area (Å²) in [4.78, 5) is 15.2. The first kappa shape index (κ1) is 36.4. The van der Waals surface area contributed by atoms with Crippen molar-refractivity contribution in [2.75, 3.05) is 0 Å². The first-order valence-electron chi connectivity index (χ1n) is 20.8. The van der Waals surface area contributed by atoms with Gasteiger partial charge in [-0.15, -0.1) is 0 Å². The highest BCUT2D eigenvalue weighted by Crippen LogP contribution is 2.54. The molecule has 2 saturated carbocycles. The molecule has 0 amide bonds. The van der Waals surface area contributed by atoms with Crippen LogP contribution in [0.5, 0.6) is 0 Å². The third-order valence-electron chi connectivity index (χ3n) is 12.9. The molecule has 5 nitrogen and oxygen atoms in total. The Balaban J connectivity index is 1.06. The fourth-order valence-corrected chi connectivity index (χ4v) is 10.8. The zero-order valence-corrected chi connectivity index (χ0v) is 33.4. The van der Waals surface area contributed by atoms with E-state index in [2.05, 4.69) is 123 Å². The van der Waals surface area contributed by atoms with Crippen LogP contribution in [0.2, 0.25) is 0 Å². The van der Waals surface area contributed by atoms with Crippen molar-refractivity contribution in [3.63, 3.8) is 0 Å². The Morgan fingerprint density at radius 1 is 0.458 bits per heavy atom. The average Bonchev–Trinajstić information content (AvgIpc) is 3.27. The van der Waals surface area contributed by atoms with Crippen molar-refractivity contribution in [3.05, 3.63) is 162 Å². The van der Waals surface area contributed by atoms with E-state index in [1.165, 1.54) is 37.7 Å². The van der Waals surface area contributed by atoms with Crippen LogP contribution in [0.4, 0.5) is 0 Å². The van der Waals surface area contributed by atoms with Crippen LogP contribution >= 0.6 is 0 Å². The molecule has 2 bridgehead atoms. The number of hydrogen-bond donors (Lipinski definition) is 0. The molecule has 2 aliphatic rings. The number of nitrogens with zero attached hydrogens (tertiary/aromatic N) is 5. The largest absolute Gasteiger partial charge is 0.208 e. The van der Waals surface area contributed by atoms with E-state index in [4.69, 9.17) is 15.0 Å².